The molecule has 0 amide bonds. The zero-order valence-corrected chi connectivity index (χ0v) is 13.7. The van der Waals surface area contributed by atoms with Crippen LogP contribution in [0.4, 0.5) is 0 Å². The van der Waals surface area contributed by atoms with Gasteiger partial charge in [0.15, 0.2) is 0 Å². The Hall–Kier alpha value is -0.0800. The SMILES string of the molecule is CNC1CCC(N(C)C2CCC(C)(C)CC2C)CC1. The number of nitrogens with zero attached hydrogens (tertiary/aromatic N) is 1. The Morgan fingerprint density at radius 3 is 2.21 bits per heavy atom. The molecule has 112 valence electrons. The van der Waals surface area contributed by atoms with Crippen molar-refractivity contribution in [1.29, 1.82) is 0 Å². The highest BCUT2D eigenvalue weighted by Crippen LogP contribution is 2.41. The molecule has 19 heavy (non-hydrogen) atoms. The Kier molecular flexibility index (Phi) is 4.94. The summed E-state index contributed by atoms with van der Waals surface area (Å²) in [5, 5.41) is 3.44. The Morgan fingerprint density at radius 1 is 1.05 bits per heavy atom. The molecule has 0 radical (unpaired) electrons. The van der Waals surface area contributed by atoms with E-state index in [9.17, 15) is 0 Å². The maximum Gasteiger partial charge on any atom is 0.0121 e. The highest BCUT2D eigenvalue weighted by atomic mass is 15.2. The minimum absolute atomic E-state index is 0.570. The number of hydrogen-bond acceptors (Lipinski definition) is 2. The van der Waals surface area contributed by atoms with Crippen LogP contribution in [0.25, 0.3) is 0 Å². The van der Waals surface area contributed by atoms with Gasteiger partial charge in [-0.1, -0.05) is 20.8 Å². The second-order valence-electron chi connectivity index (χ2n) is 7.91. The monoisotopic (exact) mass is 266 g/mol. The lowest BCUT2D eigenvalue weighted by atomic mass is 9.70. The maximum absolute atomic E-state index is 3.44. The van der Waals surface area contributed by atoms with Gasteiger partial charge in [0, 0.05) is 18.1 Å². The predicted octanol–water partition coefficient (Wildman–Crippen LogP) is 3.66. The van der Waals surface area contributed by atoms with Crippen molar-refractivity contribution in [3.05, 3.63) is 0 Å². The number of hydrogen-bond donors (Lipinski definition) is 1. The third kappa shape index (κ3) is 3.72. The predicted molar refractivity (Wildman–Crippen MR) is 83.5 cm³/mol. The van der Waals surface area contributed by atoms with Crippen LogP contribution in [0.5, 0.6) is 0 Å². The molecule has 2 fully saturated rings. The Morgan fingerprint density at radius 2 is 1.68 bits per heavy atom. The average Bonchev–Trinajstić information content (AvgIpc) is 2.37. The third-order valence-corrected chi connectivity index (χ3v) is 5.85. The first-order valence-electron chi connectivity index (χ1n) is 8.32. The van der Waals surface area contributed by atoms with Crippen LogP contribution in [0.2, 0.25) is 0 Å². The molecule has 2 nitrogen and oxygen atoms in total. The van der Waals surface area contributed by atoms with Gasteiger partial charge in [0.05, 0.1) is 0 Å². The van der Waals surface area contributed by atoms with Crippen molar-refractivity contribution < 1.29 is 0 Å². The second-order valence-corrected chi connectivity index (χ2v) is 7.91. The summed E-state index contributed by atoms with van der Waals surface area (Å²) < 4.78 is 0. The molecule has 2 atom stereocenters. The van der Waals surface area contributed by atoms with Crippen molar-refractivity contribution in [2.75, 3.05) is 14.1 Å². The lowest BCUT2D eigenvalue weighted by Gasteiger charge is -2.47. The lowest BCUT2D eigenvalue weighted by molar-refractivity contribution is 0.0366. The molecule has 2 aliphatic rings. The van der Waals surface area contributed by atoms with E-state index in [1.165, 1.54) is 44.9 Å². The van der Waals surface area contributed by atoms with Gasteiger partial charge in [0.1, 0.15) is 0 Å². The second kappa shape index (κ2) is 6.13. The minimum Gasteiger partial charge on any atom is -0.317 e. The molecule has 1 N–H and O–H groups in total. The summed E-state index contributed by atoms with van der Waals surface area (Å²) >= 11 is 0. The van der Waals surface area contributed by atoms with E-state index in [0.29, 0.717) is 5.41 Å². The van der Waals surface area contributed by atoms with Gasteiger partial charge in [-0.05, 0) is 70.4 Å². The van der Waals surface area contributed by atoms with Gasteiger partial charge >= 0.3 is 0 Å². The van der Waals surface area contributed by atoms with Crippen LogP contribution in [-0.2, 0) is 0 Å². The normalized spacial score (nSPS) is 39.5. The molecule has 0 bridgehead atoms. The van der Waals surface area contributed by atoms with Crippen molar-refractivity contribution in [2.24, 2.45) is 11.3 Å². The Bertz CT molecular complexity index is 279. The first-order chi connectivity index (χ1) is 8.93. The molecule has 2 rings (SSSR count). The van der Waals surface area contributed by atoms with Gasteiger partial charge in [0.25, 0.3) is 0 Å². The topological polar surface area (TPSA) is 15.3 Å². The summed E-state index contributed by atoms with van der Waals surface area (Å²) in [6, 6.07) is 2.43. The summed E-state index contributed by atoms with van der Waals surface area (Å²) in [5.74, 6) is 0.857. The maximum atomic E-state index is 3.44. The molecule has 0 aromatic heterocycles. The van der Waals surface area contributed by atoms with E-state index in [-0.39, 0.29) is 0 Å². The first kappa shape index (κ1) is 15.3. The lowest BCUT2D eigenvalue weighted by Crippen LogP contribution is -2.49. The summed E-state index contributed by atoms with van der Waals surface area (Å²) in [6.07, 6.45) is 9.68. The highest BCUT2D eigenvalue weighted by Gasteiger charge is 2.36. The van der Waals surface area contributed by atoms with Crippen LogP contribution in [0.15, 0.2) is 0 Å². The Balaban J connectivity index is 1.88. The minimum atomic E-state index is 0.570. The molecule has 0 heterocycles. The zero-order chi connectivity index (χ0) is 14.0. The van der Waals surface area contributed by atoms with Gasteiger partial charge in [-0.25, -0.2) is 0 Å². The van der Waals surface area contributed by atoms with E-state index < -0.39 is 0 Å². The molecule has 0 aromatic rings. The quantitative estimate of drug-likeness (QED) is 0.838. The molecule has 0 aromatic carbocycles. The van der Waals surface area contributed by atoms with Crippen molar-refractivity contribution in [2.45, 2.75) is 83.8 Å². The van der Waals surface area contributed by atoms with Gasteiger partial charge in [-0.3, -0.25) is 0 Å². The van der Waals surface area contributed by atoms with E-state index in [2.05, 4.69) is 45.1 Å². The van der Waals surface area contributed by atoms with Crippen molar-refractivity contribution in [3.63, 3.8) is 0 Å². The summed E-state index contributed by atoms with van der Waals surface area (Å²) in [5.41, 5.74) is 0.570. The van der Waals surface area contributed by atoms with Gasteiger partial charge < -0.3 is 10.2 Å². The fourth-order valence-corrected chi connectivity index (χ4v) is 4.58. The van der Waals surface area contributed by atoms with Gasteiger partial charge in [0.2, 0.25) is 0 Å². The van der Waals surface area contributed by atoms with Gasteiger partial charge in [-0.15, -0.1) is 0 Å². The molecule has 2 heteroatoms. The first-order valence-corrected chi connectivity index (χ1v) is 8.32. The number of nitrogens with one attached hydrogen (secondary N) is 1. The molecule has 0 spiro atoms. The van der Waals surface area contributed by atoms with Gasteiger partial charge in [-0.2, -0.15) is 0 Å². The zero-order valence-electron chi connectivity index (χ0n) is 13.7. The molecule has 2 saturated carbocycles. The fraction of sp³-hybridized carbons (Fsp3) is 1.00. The molecular weight excluding hydrogens is 232 g/mol. The molecule has 0 saturated heterocycles. The van der Waals surface area contributed by atoms with E-state index in [4.69, 9.17) is 0 Å². The molecule has 2 unspecified atom stereocenters. The highest BCUT2D eigenvalue weighted by molar-refractivity contribution is 4.91. The van der Waals surface area contributed by atoms with E-state index >= 15 is 0 Å². The van der Waals surface area contributed by atoms with Crippen molar-refractivity contribution in [3.8, 4) is 0 Å². The van der Waals surface area contributed by atoms with Crippen LogP contribution >= 0.6 is 0 Å². The average molecular weight is 266 g/mol. The van der Waals surface area contributed by atoms with Crippen molar-refractivity contribution in [1.82, 2.24) is 10.2 Å². The van der Waals surface area contributed by atoms with Crippen LogP contribution in [0, 0.1) is 11.3 Å². The fourth-order valence-electron chi connectivity index (χ4n) is 4.58. The molecular formula is C17H34N2. The summed E-state index contributed by atoms with van der Waals surface area (Å²) in [7, 11) is 4.50. The van der Waals surface area contributed by atoms with E-state index in [1.807, 2.05) is 0 Å². The van der Waals surface area contributed by atoms with Crippen LogP contribution in [0.1, 0.15) is 65.7 Å². The van der Waals surface area contributed by atoms with Crippen LogP contribution in [0.3, 0.4) is 0 Å². The summed E-state index contributed by atoms with van der Waals surface area (Å²) in [4.78, 5) is 2.74. The Labute approximate surface area is 120 Å². The summed E-state index contributed by atoms with van der Waals surface area (Å²) in [6.45, 7) is 7.36. The largest absolute Gasteiger partial charge is 0.317 e. The van der Waals surface area contributed by atoms with Crippen LogP contribution < -0.4 is 5.32 Å². The third-order valence-electron chi connectivity index (χ3n) is 5.85. The van der Waals surface area contributed by atoms with E-state index in [0.717, 1.165) is 24.0 Å². The smallest absolute Gasteiger partial charge is 0.0121 e. The van der Waals surface area contributed by atoms with Crippen molar-refractivity contribution >= 4 is 0 Å². The number of rotatable bonds is 3. The molecule has 2 aliphatic carbocycles. The van der Waals surface area contributed by atoms with E-state index in [1.54, 1.807) is 0 Å². The standard InChI is InChI=1S/C17H34N2/c1-13-12-17(2,3)11-10-16(13)19(5)15-8-6-14(18-4)7-9-15/h13-16,18H,6-12H2,1-5H3. The molecule has 0 aliphatic heterocycles. The van der Waals surface area contributed by atoms with Crippen LogP contribution in [-0.4, -0.2) is 37.1 Å².